The molecule has 0 bridgehead atoms. The number of aromatic amines is 1. The number of Topliss-reactive ketones (excluding diaryl/α,β-unsaturated/α-hetero) is 1. The fraction of sp³-hybridized carbons (Fsp3) is 0.421. The summed E-state index contributed by atoms with van der Waals surface area (Å²) in [5, 5.41) is 3.33. The highest BCUT2D eigenvalue weighted by molar-refractivity contribution is 5.96. The summed E-state index contributed by atoms with van der Waals surface area (Å²) in [6.07, 6.45) is 7.71. The lowest BCUT2D eigenvalue weighted by atomic mass is 9.71. The Balaban J connectivity index is 2.18. The van der Waals surface area contributed by atoms with Crippen LogP contribution in [0.2, 0.25) is 0 Å². The van der Waals surface area contributed by atoms with Gasteiger partial charge >= 0.3 is 5.97 Å². The highest BCUT2D eigenvalue weighted by Crippen LogP contribution is 2.43. The Labute approximate surface area is 141 Å². The number of nitrogens with one attached hydrogen (secondary N) is 2. The van der Waals surface area contributed by atoms with Gasteiger partial charge in [-0.05, 0) is 25.8 Å². The number of ketones is 1. The molecule has 0 spiro atoms. The Kier molecular flexibility index (Phi) is 4.79. The van der Waals surface area contributed by atoms with Crippen molar-refractivity contribution in [2.45, 2.75) is 39.0 Å². The minimum absolute atomic E-state index is 0.172. The Morgan fingerprint density at radius 3 is 2.88 bits per heavy atom. The Hall–Kier alpha value is -2.43. The second-order valence-corrected chi connectivity index (χ2v) is 6.05. The Morgan fingerprint density at radius 2 is 2.21 bits per heavy atom. The predicted molar refractivity (Wildman–Crippen MR) is 88.6 cm³/mol. The molecule has 3 rings (SSSR count). The highest BCUT2D eigenvalue weighted by atomic mass is 16.5. The maximum absolute atomic E-state index is 12.7. The summed E-state index contributed by atoms with van der Waals surface area (Å²) < 4.78 is 5.30. The van der Waals surface area contributed by atoms with Gasteiger partial charge in [-0.1, -0.05) is 13.0 Å². The Bertz CT molecular complexity index is 707. The molecule has 5 heteroatoms. The molecule has 0 aromatic carbocycles. The van der Waals surface area contributed by atoms with Crippen LogP contribution in [0.1, 0.15) is 44.6 Å². The first kappa shape index (κ1) is 16.4. The summed E-state index contributed by atoms with van der Waals surface area (Å²) in [5.74, 6) is -0.820. The van der Waals surface area contributed by atoms with E-state index in [1.54, 1.807) is 6.92 Å². The summed E-state index contributed by atoms with van der Waals surface area (Å²) in [6.45, 7) is 4.11. The summed E-state index contributed by atoms with van der Waals surface area (Å²) in [4.78, 5) is 28.4. The van der Waals surface area contributed by atoms with Crippen molar-refractivity contribution in [3.63, 3.8) is 0 Å². The Morgan fingerprint density at radius 1 is 1.38 bits per heavy atom. The van der Waals surface area contributed by atoms with Gasteiger partial charge in [-0.25, -0.2) is 9.78 Å². The molecule has 2 atom stereocenters. The fourth-order valence-electron chi connectivity index (χ4n) is 3.61. The third kappa shape index (κ3) is 2.86. The first-order valence-electron chi connectivity index (χ1n) is 8.53. The minimum Gasteiger partial charge on any atom is -0.463 e. The molecule has 0 fully saturated rings. The van der Waals surface area contributed by atoms with Crippen molar-refractivity contribution < 1.29 is 19.3 Å². The number of ether oxygens (including phenoxy) is 1. The number of H-pyrrole nitrogens is 1. The number of esters is 1. The summed E-state index contributed by atoms with van der Waals surface area (Å²) in [5.41, 5.74) is 3.28. The number of aromatic nitrogens is 1. The smallest absolute Gasteiger partial charge is 0.336 e. The summed E-state index contributed by atoms with van der Waals surface area (Å²) in [6, 6.07) is 3.85. The topological polar surface area (TPSA) is 69.5 Å². The van der Waals surface area contributed by atoms with Gasteiger partial charge in [0.05, 0.1) is 18.1 Å². The fourth-order valence-corrected chi connectivity index (χ4v) is 3.61. The van der Waals surface area contributed by atoms with Crippen molar-refractivity contribution in [3.05, 3.63) is 53.1 Å². The van der Waals surface area contributed by atoms with E-state index in [1.165, 1.54) is 0 Å². The van der Waals surface area contributed by atoms with Crippen molar-refractivity contribution in [2.75, 3.05) is 6.61 Å². The molecule has 2 heterocycles. The van der Waals surface area contributed by atoms with E-state index in [9.17, 15) is 9.59 Å². The van der Waals surface area contributed by atoms with Crippen LogP contribution in [0, 0.1) is 5.92 Å². The first-order valence-corrected chi connectivity index (χ1v) is 8.53. The second-order valence-electron chi connectivity index (χ2n) is 6.05. The van der Waals surface area contributed by atoms with Crippen LogP contribution in [0.15, 0.2) is 47.6 Å². The van der Waals surface area contributed by atoms with E-state index in [0.717, 1.165) is 23.4 Å². The summed E-state index contributed by atoms with van der Waals surface area (Å²) >= 11 is 0. The summed E-state index contributed by atoms with van der Waals surface area (Å²) in [7, 11) is 0. The van der Waals surface area contributed by atoms with Crippen molar-refractivity contribution in [1.29, 1.82) is 0 Å². The molecular weight excluding hydrogens is 304 g/mol. The van der Waals surface area contributed by atoms with Crippen LogP contribution in [-0.2, 0) is 14.3 Å². The zero-order valence-corrected chi connectivity index (χ0v) is 14.1. The molecule has 2 aliphatic rings. The van der Waals surface area contributed by atoms with Crippen LogP contribution in [-0.4, -0.2) is 18.4 Å². The predicted octanol–water partition coefficient (Wildman–Crippen LogP) is 2.28. The molecular formula is C19H23N2O3+. The number of rotatable bonds is 4. The second kappa shape index (κ2) is 6.99. The quantitative estimate of drug-likeness (QED) is 0.861. The molecule has 24 heavy (non-hydrogen) atoms. The van der Waals surface area contributed by atoms with Gasteiger partial charge in [0.25, 0.3) is 0 Å². The van der Waals surface area contributed by atoms with E-state index in [0.29, 0.717) is 25.0 Å². The number of allylic oxidation sites excluding steroid dienone is 3. The van der Waals surface area contributed by atoms with Crippen molar-refractivity contribution >= 4 is 11.8 Å². The zero-order chi connectivity index (χ0) is 17.1. The molecule has 0 amide bonds. The van der Waals surface area contributed by atoms with Gasteiger partial charge in [-0.15, -0.1) is 0 Å². The number of hydrogen-bond donors (Lipinski definition) is 1. The number of fused-ring (bicyclic) bond motifs is 1. The molecule has 2 unspecified atom stereocenters. The van der Waals surface area contributed by atoms with Gasteiger partial charge in [0.1, 0.15) is 5.78 Å². The van der Waals surface area contributed by atoms with Crippen molar-refractivity contribution in [3.8, 4) is 0 Å². The highest BCUT2D eigenvalue weighted by Gasteiger charge is 2.44. The zero-order valence-electron chi connectivity index (χ0n) is 14.1. The lowest BCUT2D eigenvalue weighted by Crippen LogP contribution is -2.41. The van der Waals surface area contributed by atoms with E-state index < -0.39 is 0 Å². The van der Waals surface area contributed by atoms with Crippen LogP contribution < -0.4 is 10.3 Å². The average Bonchev–Trinajstić information content (AvgIpc) is 2.61. The van der Waals surface area contributed by atoms with Gasteiger partial charge in [-0.3, -0.25) is 4.79 Å². The number of pyridine rings is 1. The third-order valence-electron chi connectivity index (χ3n) is 4.64. The number of carbonyl (C=O) groups is 2. The molecule has 5 nitrogen and oxygen atoms in total. The van der Waals surface area contributed by atoms with Crippen LogP contribution in [0.25, 0.3) is 0 Å². The van der Waals surface area contributed by atoms with Crippen LogP contribution >= 0.6 is 0 Å². The van der Waals surface area contributed by atoms with E-state index in [-0.39, 0.29) is 23.6 Å². The monoisotopic (exact) mass is 327 g/mol. The molecule has 1 aromatic rings. The van der Waals surface area contributed by atoms with Gasteiger partial charge in [0.2, 0.25) is 0 Å². The van der Waals surface area contributed by atoms with E-state index >= 15 is 0 Å². The number of hydrogen-bond acceptors (Lipinski definition) is 4. The maximum atomic E-state index is 12.7. The van der Waals surface area contributed by atoms with Gasteiger partial charge < -0.3 is 10.1 Å². The molecule has 0 saturated heterocycles. The normalized spacial score (nSPS) is 23.2. The molecule has 126 valence electrons. The lowest BCUT2D eigenvalue weighted by Gasteiger charge is -2.37. The van der Waals surface area contributed by atoms with Gasteiger partial charge in [0.15, 0.2) is 12.4 Å². The lowest BCUT2D eigenvalue weighted by molar-refractivity contribution is -0.378. The van der Waals surface area contributed by atoms with E-state index in [4.69, 9.17) is 4.74 Å². The third-order valence-corrected chi connectivity index (χ3v) is 4.64. The largest absolute Gasteiger partial charge is 0.463 e. The maximum Gasteiger partial charge on any atom is 0.336 e. The van der Waals surface area contributed by atoms with Crippen LogP contribution in [0.5, 0.6) is 0 Å². The molecule has 0 radical (unpaired) electrons. The SMILES string of the molecule is CCOC(=O)C1=C(CC)NC2=CCCC(=O)C2C1c1ccc[nH+]c1. The average molecular weight is 327 g/mol. The first-order chi connectivity index (χ1) is 11.7. The van der Waals surface area contributed by atoms with E-state index in [1.807, 2.05) is 31.5 Å². The molecule has 1 aliphatic carbocycles. The van der Waals surface area contributed by atoms with Gasteiger partial charge in [0, 0.05) is 35.4 Å². The molecule has 1 aromatic heterocycles. The molecule has 2 N–H and O–H groups in total. The van der Waals surface area contributed by atoms with Crippen LogP contribution in [0.3, 0.4) is 0 Å². The van der Waals surface area contributed by atoms with Crippen molar-refractivity contribution in [1.82, 2.24) is 5.32 Å². The standard InChI is InChI=1S/C19H22N2O3/c1-3-13-18(19(23)24-4-2)16(12-7-6-10-20-11-12)17-14(21-13)8-5-9-15(17)22/h6-8,10-11,16-17,21H,3-5,9H2,1-2H3/p+1. The van der Waals surface area contributed by atoms with E-state index in [2.05, 4.69) is 16.4 Å². The molecule has 0 saturated carbocycles. The molecule has 1 aliphatic heterocycles. The number of carbonyl (C=O) groups excluding carboxylic acids is 2. The van der Waals surface area contributed by atoms with Crippen LogP contribution in [0.4, 0.5) is 0 Å². The van der Waals surface area contributed by atoms with Crippen molar-refractivity contribution in [2.24, 2.45) is 5.92 Å². The van der Waals surface area contributed by atoms with Gasteiger partial charge in [-0.2, -0.15) is 0 Å². The minimum atomic E-state index is -0.343.